The fraction of sp³-hybridized carbons (Fsp3) is 0.400. The summed E-state index contributed by atoms with van der Waals surface area (Å²) in [6.45, 7) is 3.53. The minimum Gasteiger partial charge on any atom is -0.492 e. The second kappa shape index (κ2) is 7.45. The first-order valence-electron chi connectivity index (χ1n) is 8.89. The van der Waals surface area contributed by atoms with Crippen LogP contribution in [0.1, 0.15) is 24.3 Å². The van der Waals surface area contributed by atoms with Crippen LogP contribution in [-0.2, 0) is 0 Å². The standard InChI is InChI=1S/C20H22Cl2N2O/c21-17-7-6-16-15-8-10-23-11-9-18(15)24(20(16)19(17)22)12-13-25-14-4-2-1-3-5-14/h1-7,15,18,23H,8-13H2. The van der Waals surface area contributed by atoms with E-state index in [2.05, 4.69) is 16.3 Å². The summed E-state index contributed by atoms with van der Waals surface area (Å²) in [5, 5.41) is 4.83. The van der Waals surface area contributed by atoms with E-state index in [1.54, 1.807) is 0 Å². The van der Waals surface area contributed by atoms with Gasteiger partial charge in [0, 0.05) is 12.0 Å². The summed E-state index contributed by atoms with van der Waals surface area (Å²) < 4.78 is 5.93. The van der Waals surface area contributed by atoms with E-state index in [0.29, 0.717) is 28.6 Å². The third-order valence-corrected chi connectivity index (χ3v) is 6.04. The van der Waals surface area contributed by atoms with Gasteiger partial charge in [0.05, 0.1) is 22.3 Å². The second-order valence-corrected chi connectivity index (χ2v) is 7.44. The van der Waals surface area contributed by atoms with Crippen molar-refractivity contribution in [3.63, 3.8) is 0 Å². The quantitative estimate of drug-likeness (QED) is 0.834. The Morgan fingerprint density at radius 2 is 1.84 bits per heavy atom. The van der Waals surface area contributed by atoms with E-state index in [1.807, 2.05) is 36.4 Å². The molecule has 2 heterocycles. The third kappa shape index (κ3) is 3.33. The number of ether oxygens (including phenoxy) is 1. The molecule has 1 N–H and O–H groups in total. The Bertz CT molecular complexity index is 738. The Labute approximate surface area is 158 Å². The first-order chi connectivity index (χ1) is 12.3. The highest BCUT2D eigenvalue weighted by atomic mass is 35.5. The van der Waals surface area contributed by atoms with Gasteiger partial charge >= 0.3 is 0 Å². The molecule has 1 saturated heterocycles. The van der Waals surface area contributed by atoms with E-state index in [1.165, 1.54) is 5.56 Å². The molecular formula is C20H22Cl2N2O. The Balaban J connectivity index is 1.58. The molecule has 0 aliphatic carbocycles. The predicted octanol–water partition coefficient (Wildman–Crippen LogP) is 4.73. The van der Waals surface area contributed by atoms with Gasteiger partial charge in [-0.25, -0.2) is 0 Å². The lowest BCUT2D eigenvalue weighted by Crippen LogP contribution is -2.37. The van der Waals surface area contributed by atoms with E-state index in [9.17, 15) is 0 Å². The van der Waals surface area contributed by atoms with E-state index in [0.717, 1.165) is 43.9 Å². The fourth-order valence-corrected chi connectivity index (χ4v) is 4.56. The van der Waals surface area contributed by atoms with Gasteiger partial charge in [0.25, 0.3) is 0 Å². The lowest BCUT2D eigenvalue weighted by molar-refractivity contribution is 0.317. The lowest BCUT2D eigenvalue weighted by Gasteiger charge is -2.29. The second-order valence-electron chi connectivity index (χ2n) is 6.66. The van der Waals surface area contributed by atoms with Crippen LogP contribution >= 0.6 is 23.2 Å². The van der Waals surface area contributed by atoms with Crippen molar-refractivity contribution >= 4 is 28.9 Å². The maximum atomic E-state index is 6.61. The van der Waals surface area contributed by atoms with Crippen molar-refractivity contribution in [2.75, 3.05) is 31.1 Å². The molecule has 132 valence electrons. The van der Waals surface area contributed by atoms with Crippen molar-refractivity contribution in [1.82, 2.24) is 5.32 Å². The summed E-state index contributed by atoms with van der Waals surface area (Å²) in [6, 6.07) is 14.5. The maximum absolute atomic E-state index is 6.61. The molecule has 5 heteroatoms. The summed E-state index contributed by atoms with van der Waals surface area (Å²) in [5.41, 5.74) is 2.45. The van der Waals surface area contributed by atoms with Crippen LogP contribution in [0.15, 0.2) is 42.5 Å². The van der Waals surface area contributed by atoms with Crippen LogP contribution in [0.3, 0.4) is 0 Å². The first kappa shape index (κ1) is 17.0. The van der Waals surface area contributed by atoms with E-state index in [4.69, 9.17) is 27.9 Å². The maximum Gasteiger partial charge on any atom is 0.119 e. The summed E-state index contributed by atoms with van der Waals surface area (Å²) in [5.74, 6) is 1.41. The average Bonchev–Trinajstić information content (AvgIpc) is 2.78. The number of rotatable bonds is 4. The molecule has 0 amide bonds. The van der Waals surface area contributed by atoms with Gasteiger partial charge in [-0.15, -0.1) is 0 Å². The van der Waals surface area contributed by atoms with Crippen molar-refractivity contribution < 1.29 is 4.74 Å². The number of hydrogen-bond acceptors (Lipinski definition) is 3. The van der Waals surface area contributed by atoms with E-state index < -0.39 is 0 Å². The molecule has 2 aromatic rings. The van der Waals surface area contributed by atoms with E-state index in [-0.39, 0.29) is 0 Å². The highest BCUT2D eigenvalue weighted by Gasteiger charge is 2.40. The Morgan fingerprint density at radius 1 is 1.04 bits per heavy atom. The summed E-state index contributed by atoms with van der Waals surface area (Å²) in [4.78, 5) is 2.42. The van der Waals surface area contributed by atoms with Crippen LogP contribution in [0, 0.1) is 0 Å². The number of hydrogen-bond donors (Lipinski definition) is 1. The molecule has 2 unspecified atom stereocenters. The smallest absolute Gasteiger partial charge is 0.119 e. The van der Waals surface area contributed by atoms with Gasteiger partial charge < -0.3 is 15.0 Å². The van der Waals surface area contributed by atoms with Crippen molar-refractivity contribution in [3.8, 4) is 5.75 Å². The number of fused-ring (bicyclic) bond motifs is 3. The molecule has 0 saturated carbocycles. The van der Waals surface area contributed by atoms with Crippen LogP contribution in [0.25, 0.3) is 0 Å². The van der Waals surface area contributed by atoms with Crippen molar-refractivity contribution in [2.24, 2.45) is 0 Å². The van der Waals surface area contributed by atoms with Gasteiger partial charge in [-0.1, -0.05) is 47.5 Å². The van der Waals surface area contributed by atoms with Gasteiger partial charge in [0.2, 0.25) is 0 Å². The molecule has 2 aromatic carbocycles. The van der Waals surface area contributed by atoms with Crippen LogP contribution in [0.5, 0.6) is 5.75 Å². The summed E-state index contributed by atoms with van der Waals surface area (Å²) >= 11 is 12.9. The van der Waals surface area contributed by atoms with Gasteiger partial charge in [0.15, 0.2) is 0 Å². The SMILES string of the molecule is Clc1ccc2c(c1Cl)N(CCOc1ccccc1)C1CCNCCC21. The number of para-hydroxylation sites is 1. The van der Waals surface area contributed by atoms with Crippen LogP contribution in [-0.4, -0.2) is 32.3 Å². The molecule has 4 rings (SSSR count). The molecular weight excluding hydrogens is 355 g/mol. The third-order valence-electron chi connectivity index (χ3n) is 5.24. The van der Waals surface area contributed by atoms with Crippen LogP contribution in [0.2, 0.25) is 10.0 Å². The number of nitrogens with zero attached hydrogens (tertiary/aromatic N) is 1. The number of benzene rings is 2. The summed E-state index contributed by atoms with van der Waals surface area (Å²) in [7, 11) is 0. The fourth-order valence-electron chi connectivity index (χ4n) is 4.13. The van der Waals surface area contributed by atoms with Gasteiger partial charge in [0.1, 0.15) is 12.4 Å². The Kier molecular flexibility index (Phi) is 5.07. The molecule has 2 atom stereocenters. The molecule has 3 nitrogen and oxygen atoms in total. The molecule has 0 aromatic heterocycles. The van der Waals surface area contributed by atoms with Crippen molar-refractivity contribution in [1.29, 1.82) is 0 Å². The van der Waals surface area contributed by atoms with Gasteiger partial charge in [-0.3, -0.25) is 0 Å². The average molecular weight is 377 g/mol. The summed E-state index contributed by atoms with van der Waals surface area (Å²) in [6.07, 6.45) is 2.24. The predicted molar refractivity (Wildman–Crippen MR) is 104 cm³/mol. The zero-order valence-electron chi connectivity index (χ0n) is 14.1. The zero-order valence-corrected chi connectivity index (χ0v) is 15.6. The number of nitrogens with one attached hydrogen (secondary N) is 1. The monoisotopic (exact) mass is 376 g/mol. The molecule has 2 aliphatic heterocycles. The Morgan fingerprint density at radius 3 is 2.68 bits per heavy atom. The molecule has 1 fully saturated rings. The van der Waals surface area contributed by atoms with Crippen molar-refractivity contribution in [3.05, 3.63) is 58.1 Å². The number of halogens is 2. The zero-order chi connectivity index (χ0) is 17.2. The lowest BCUT2D eigenvalue weighted by atomic mass is 9.91. The number of anilines is 1. The normalized spacial score (nSPS) is 22.2. The molecule has 0 radical (unpaired) electrons. The highest BCUT2D eigenvalue weighted by Crippen LogP contribution is 2.49. The first-order valence-corrected chi connectivity index (χ1v) is 9.64. The van der Waals surface area contributed by atoms with Gasteiger partial charge in [-0.05, 0) is 49.7 Å². The van der Waals surface area contributed by atoms with Crippen LogP contribution in [0.4, 0.5) is 5.69 Å². The minimum atomic E-state index is 0.459. The topological polar surface area (TPSA) is 24.5 Å². The Hall–Kier alpha value is -1.42. The minimum absolute atomic E-state index is 0.459. The largest absolute Gasteiger partial charge is 0.492 e. The van der Waals surface area contributed by atoms with Gasteiger partial charge in [-0.2, -0.15) is 0 Å². The highest BCUT2D eigenvalue weighted by molar-refractivity contribution is 6.44. The molecule has 25 heavy (non-hydrogen) atoms. The molecule has 0 spiro atoms. The van der Waals surface area contributed by atoms with Crippen molar-refractivity contribution in [2.45, 2.75) is 24.8 Å². The van der Waals surface area contributed by atoms with Crippen LogP contribution < -0.4 is 15.0 Å². The molecule has 2 aliphatic rings. The van der Waals surface area contributed by atoms with E-state index >= 15 is 0 Å². The molecule has 0 bridgehead atoms.